The molecule has 10 heavy (non-hydrogen) atoms. The van der Waals surface area contributed by atoms with Gasteiger partial charge in [0.2, 0.25) is 0 Å². The van der Waals surface area contributed by atoms with Crippen LogP contribution in [0, 0.1) is 6.92 Å². The summed E-state index contributed by atoms with van der Waals surface area (Å²) in [6.07, 6.45) is 2.09. The fraction of sp³-hybridized carbons (Fsp3) is 0.375. The van der Waals surface area contributed by atoms with E-state index in [1.54, 1.807) is 0 Å². The molecular weight excluding hydrogens is 146 g/mol. The Morgan fingerprint density at radius 1 is 1.40 bits per heavy atom. The maximum absolute atomic E-state index is 2.21. The molecule has 1 rings (SSSR count). The van der Waals surface area contributed by atoms with Gasteiger partial charge < -0.3 is 12.4 Å². The molecule has 0 aromatic carbocycles. The third-order valence-electron chi connectivity index (χ3n) is 1.51. The van der Waals surface area contributed by atoms with Crippen LogP contribution in [0.1, 0.15) is 12.6 Å². The van der Waals surface area contributed by atoms with Crippen LogP contribution in [0.4, 0.5) is 0 Å². The van der Waals surface area contributed by atoms with Crippen LogP contribution in [0.15, 0.2) is 24.4 Å². The lowest BCUT2D eigenvalue weighted by Crippen LogP contribution is -3.00. The Kier molecular flexibility index (Phi) is 4.05. The third-order valence-corrected chi connectivity index (χ3v) is 1.51. The topological polar surface area (TPSA) is 3.88 Å². The zero-order valence-electron chi connectivity index (χ0n) is 6.34. The third kappa shape index (κ3) is 1.99. The fourth-order valence-corrected chi connectivity index (χ4v) is 0.917. The maximum atomic E-state index is 2.21. The molecule has 56 valence electrons. The summed E-state index contributed by atoms with van der Waals surface area (Å²) in [7, 11) is 0. The fourth-order valence-electron chi connectivity index (χ4n) is 0.917. The Morgan fingerprint density at radius 3 is 2.50 bits per heavy atom. The van der Waals surface area contributed by atoms with Crippen LogP contribution in [0.3, 0.4) is 0 Å². The van der Waals surface area contributed by atoms with E-state index in [2.05, 4.69) is 42.8 Å². The molecule has 0 saturated heterocycles. The minimum absolute atomic E-state index is 0. The summed E-state index contributed by atoms with van der Waals surface area (Å²) < 4.78 is 2.21. The predicted molar refractivity (Wildman–Crippen MR) is 37.0 cm³/mol. The van der Waals surface area contributed by atoms with Crippen molar-refractivity contribution in [1.29, 1.82) is 0 Å². The summed E-state index contributed by atoms with van der Waals surface area (Å²) in [5.74, 6) is 0. The van der Waals surface area contributed by atoms with Gasteiger partial charge in [-0.2, -0.15) is 0 Å². The molecular formula is C8H12ClN. The molecule has 1 aromatic rings. The smallest absolute Gasteiger partial charge is 0.178 e. The Hall–Kier alpha value is -0.560. The lowest BCUT2D eigenvalue weighted by Gasteiger charge is -1.92. The number of pyridine rings is 1. The van der Waals surface area contributed by atoms with Crippen molar-refractivity contribution in [1.82, 2.24) is 0 Å². The number of hydrogen-bond donors (Lipinski definition) is 0. The van der Waals surface area contributed by atoms with Crippen molar-refractivity contribution in [2.45, 2.75) is 20.4 Å². The number of aromatic nitrogens is 1. The van der Waals surface area contributed by atoms with Gasteiger partial charge in [0.15, 0.2) is 11.9 Å². The second-order valence-corrected chi connectivity index (χ2v) is 2.13. The number of aryl methyl sites for hydroxylation is 2. The first-order valence-corrected chi connectivity index (χ1v) is 3.29. The normalized spacial score (nSPS) is 8.60. The molecule has 0 fully saturated rings. The highest BCUT2D eigenvalue weighted by molar-refractivity contribution is 4.93. The Labute approximate surface area is 68.1 Å². The van der Waals surface area contributed by atoms with Gasteiger partial charge in [-0.15, -0.1) is 0 Å². The van der Waals surface area contributed by atoms with Crippen LogP contribution in [0.2, 0.25) is 0 Å². The molecule has 0 atom stereocenters. The second-order valence-electron chi connectivity index (χ2n) is 2.13. The summed E-state index contributed by atoms with van der Waals surface area (Å²) in [5.41, 5.74) is 1.32. The highest BCUT2D eigenvalue weighted by Gasteiger charge is 1.96. The van der Waals surface area contributed by atoms with Crippen molar-refractivity contribution in [3.8, 4) is 0 Å². The van der Waals surface area contributed by atoms with Crippen molar-refractivity contribution in [3.63, 3.8) is 0 Å². The van der Waals surface area contributed by atoms with Gasteiger partial charge in [0.25, 0.3) is 0 Å². The van der Waals surface area contributed by atoms with Gasteiger partial charge in [-0.1, -0.05) is 6.07 Å². The van der Waals surface area contributed by atoms with Gasteiger partial charge >= 0.3 is 0 Å². The van der Waals surface area contributed by atoms with E-state index in [0.717, 1.165) is 6.54 Å². The van der Waals surface area contributed by atoms with Crippen LogP contribution in [0.25, 0.3) is 0 Å². The largest absolute Gasteiger partial charge is 1.00 e. The van der Waals surface area contributed by atoms with Crippen molar-refractivity contribution in [2.75, 3.05) is 0 Å². The molecule has 1 nitrogen and oxygen atoms in total. The molecule has 1 aromatic heterocycles. The van der Waals surface area contributed by atoms with E-state index in [0.29, 0.717) is 0 Å². The van der Waals surface area contributed by atoms with Crippen molar-refractivity contribution in [2.24, 2.45) is 0 Å². The molecule has 0 aliphatic carbocycles. The molecule has 2 heteroatoms. The second kappa shape index (κ2) is 4.29. The summed E-state index contributed by atoms with van der Waals surface area (Å²) >= 11 is 0. The molecule has 0 saturated carbocycles. The van der Waals surface area contributed by atoms with E-state index >= 15 is 0 Å². The van der Waals surface area contributed by atoms with E-state index in [1.807, 2.05) is 0 Å². The molecule has 0 N–H and O–H groups in total. The van der Waals surface area contributed by atoms with Gasteiger partial charge in [-0.3, -0.25) is 0 Å². The molecule has 1 heterocycles. The summed E-state index contributed by atoms with van der Waals surface area (Å²) in [6.45, 7) is 5.32. The molecule has 0 aliphatic rings. The van der Waals surface area contributed by atoms with Gasteiger partial charge in [0.05, 0.1) is 0 Å². The van der Waals surface area contributed by atoms with Gasteiger partial charge in [0, 0.05) is 19.1 Å². The minimum Gasteiger partial charge on any atom is -1.00 e. The zero-order chi connectivity index (χ0) is 6.69. The first-order chi connectivity index (χ1) is 4.34. The Balaban J connectivity index is 0.000000810. The van der Waals surface area contributed by atoms with Crippen molar-refractivity contribution >= 4 is 0 Å². The summed E-state index contributed by atoms with van der Waals surface area (Å²) in [4.78, 5) is 0. The summed E-state index contributed by atoms with van der Waals surface area (Å²) in [5, 5.41) is 0. The quantitative estimate of drug-likeness (QED) is 0.429. The SMILES string of the molecule is CC[n+]1ccccc1C.[Cl-]. The first-order valence-electron chi connectivity index (χ1n) is 3.29. The first kappa shape index (κ1) is 9.44. The molecule has 0 amide bonds. The number of nitrogens with zero attached hydrogens (tertiary/aromatic N) is 1. The van der Waals surface area contributed by atoms with E-state index in [1.165, 1.54) is 5.69 Å². The van der Waals surface area contributed by atoms with Gasteiger partial charge in [-0.25, -0.2) is 4.57 Å². The molecule has 0 radical (unpaired) electrons. The van der Waals surface area contributed by atoms with Crippen LogP contribution in [0.5, 0.6) is 0 Å². The standard InChI is InChI=1S/C8H12N.ClH/c1-3-9-7-5-4-6-8(9)2;/h4-7H,3H2,1-2H3;1H/q+1;/p-1. The van der Waals surface area contributed by atoms with E-state index in [-0.39, 0.29) is 12.4 Å². The lowest BCUT2D eigenvalue weighted by molar-refractivity contribution is -0.699. The average Bonchev–Trinajstić information content (AvgIpc) is 1.89. The number of hydrogen-bond acceptors (Lipinski definition) is 0. The van der Waals surface area contributed by atoms with Crippen LogP contribution in [-0.4, -0.2) is 0 Å². The van der Waals surface area contributed by atoms with Crippen LogP contribution in [-0.2, 0) is 6.54 Å². The van der Waals surface area contributed by atoms with Crippen LogP contribution < -0.4 is 17.0 Å². The predicted octanol–water partition coefficient (Wildman–Crippen LogP) is -1.69. The number of rotatable bonds is 1. The maximum Gasteiger partial charge on any atom is 0.178 e. The highest BCUT2D eigenvalue weighted by atomic mass is 35.5. The number of halogens is 1. The van der Waals surface area contributed by atoms with Crippen molar-refractivity contribution in [3.05, 3.63) is 30.1 Å². The summed E-state index contributed by atoms with van der Waals surface area (Å²) in [6, 6.07) is 6.22. The Bertz CT molecular complexity index is 198. The molecule has 0 spiro atoms. The van der Waals surface area contributed by atoms with E-state index in [9.17, 15) is 0 Å². The highest BCUT2D eigenvalue weighted by Crippen LogP contribution is 1.85. The monoisotopic (exact) mass is 157 g/mol. The van der Waals surface area contributed by atoms with E-state index < -0.39 is 0 Å². The molecule has 0 bridgehead atoms. The lowest BCUT2D eigenvalue weighted by atomic mass is 10.4. The van der Waals surface area contributed by atoms with E-state index in [4.69, 9.17) is 0 Å². The average molecular weight is 158 g/mol. The molecule has 0 aliphatic heterocycles. The van der Waals surface area contributed by atoms with Crippen LogP contribution >= 0.6 is 0 Å². The van der Waals surface area contributed by atoms with Crippen molar-refractivity contribution < 1.29 is 17.0 Å². The van der Waals surface area contributed by atoms with Gasteiger partial charge in [0.1, 0.15) is 6.54 Å². The molecule has 0 unspecified atom stereocenters. The zero-order valence-corrected chi connectivity index (χ0v) is 7.10. The van der Waals surface area contributed by atoms with Gasteiger partial charge in [-0.05, 0) is 6.92 Å². The minimum atomic E-state index is 0. The Morgan fingerprint density at radius 2 is 2.10 bits per heavy atom.